The number of benzene rings is 2. The molecule has 9 nitrogen and oxygen atoms in total. The topological polar surface area (TPSA) is 131 Å². The Morgan fingerprint density at radius 2 is 2.00 bits per heavy atom. The van der Waals surface area contributed by atoms with Gasteiger partial charge in [0, 0.05) is 22.7 Å². The lowest BCUT2D eigenvalue weighted by atomic mass is 9.73. The minimum atomic E-state index is -1.01. The van der Waals surface area contributed by atoms with E-state index in [-0.39, 0.29) is 39.8 Å². The number of rotatable bonds is 7. The van der Waals surface area contributed by atoms with E-state index in [0.717, 1.165) is 12.8 Å². The van der Waals surface area contributed by atoms with E-state index in [1.54, 1.807) is 30.3 Å². The Morgan fingerprint density at radius 3 is 2.68 bits per heavy atom. The first-order valence-corrected chi connectivity index (χ1v) is 12.9. The lowest BCUT2D eigenvalue weighted by Gasteiger charge is -2.36. The minimum absolute atomic E-state index is 0.121. The molecule has 2 aliphatic rings. The average molecular weight is 542 g/mol. The van der Waals surface area contributed by atoms with Crippen molar-refractivity contribution in [1.82, 2.24) is 0 Å². The zero-order chi connectivity index (χ0) is 27.6. The van der Waals surface area contributed by atoms with E-state index in [9.17, 15) is 19.5 Å². The smallest absolute Gasteiger partial charge is 0.415 e. The molecule has 1 aliphatic carbocycles. The van der Waals surface area contributed by atoms with Crippen LogP contribution < -0.4 is 20.7 Å². The highest BCUT2D eigenvalue weighted by molar-refractivity contribution is 6.31. The molecule has 2 aromatic rings. The highest BCUT2D eigenvalue weighted by Crippen LogP contribution is 2.51. The fraction of sp³-hybridized carbons (Fsp3) is 0.393. The number of nitrogens with zero attached hydrogens (tertiary/aromatic N) is 1. The molecule has 0 radical (unpaired) electrons. The number of fused-ring (bicyclic) bond motifs is 1. The Kier molecular flexibility index (Phi) is 7.87. The van der Waals surface area contributed by atoms with E-state index in [4.69, 9.17) is 26.8 Å². The fourth-order valence-corrected chi connectivity index (χ4v) is 5.17. The number of para-hydroxylation sites is 1. The molecule has 10 heteroatoms. The largest absolute Gasteiger partial charge is 0.506 e. The predicted octanol–water partition coefficient (Wildman–Crippen LogP) is 5.46. The average Bonchev–Trinajstić information content (AvgIpc) is 2.97. The molecule has 38 heavy (non-hydrogen) atoms. The van der Waals surface area contributed by atoms with Crippen LogP contribution in [0.15, 0.2) is 47.7 Å². The lowest BCUT2D eigenvalue weighted by molar-refractivity contribution is -0.121. The molecule has 0 unspecified atom stereocenters. The molecule has 1 aliphatic heterocycles. The van der Waals surface area contributed by atoms with Crippen LogP contribution in [0.5, 0.6) is 11.5 Å². The van der Waals surface area contributed by atoms with Gasteiger partial charge in [0.05, 0.1) is 18.3 Å². The van der Waals surface area contributed by atoms with Crippen molar-refractivity contribution in [3.8, 4) is 11.5 Å². The molecule has 0 saturated carbocycles. The van der Waals surface area contributed by atoms with Crippen molar-refractivity contribution in [3.05, 3.63) is 58.3 Å². The maximum absolute atomic E-state index is 13.7. The Bertz CT molecular complexity index is 1310. The molecule has 202 valence electrons. The molecule has 0 saturated heterocycles. The number of phenolic OH excluding ortho intramolecular Hbond substituents is 1. The number of ether oxygens (including phenoxy) is 2. The summed E-state index contributed by atoms with van der Waals surface area (Å²) < 4.78 is 11.0. The van der Waals surface area contributed by atoms with Crippen molar-refractivity contribution >= 4 is 40.8 Å². The van der Waals surface area contributed by atoms with Gasteiger partial charge in [-0.25, -0.2) is 4.79 Å². The highest BCUT2D eigenvalue weighted by Gasteiger charge is 2.45. The second-order valence-electron chi connectivity index (χ2n) is 10.3. The number of hydrogen-bond donors (Lipinski definition) is 3. The van der Waals surface area contributed by atoms with Gasteiger partial charge in [-0.2, -0.15) is 0 Å². The number of halogens is 1. The molecule has 0 aromatic heterocycles. The molecule has 0 fully saturated rings. The van der Waals surface area contributed by atoms with Gasteiger partial charge in [0.1, 0.15) is 17.2 Å². The summed E-state index contributed by atoms with van der Waals surface area (Å²) in [4.78, 5) is 40.0. The van der Waals surface area contributed by atoms with Crippen LogP contribution in [-0.2, 0) is 14.3 Å². The van der Waals surface area contributed by atoms with E-state index in [1.165, 1.54) is 11.0 Å². The predicted molar refractivity (Wildman–Crippen MR) is 144 cm³/mol. The number of carbonyl (C=O) groups is 3. The first-order valence-electron chi connectivity index (χ1n) is 12.5. The maximum Gasteiger partial charge on any atom is 0.415 e. The monoisotopic (exact) mass is 541 g/mol. The van der Waals surface area contributed by atoms with Crippen LogP contribution in [0.3, 0.4) is 0 Å². The third-order valence-corrected chi connectivity index (χ3v) is 6.90. The van der Waals surface area contributed by atoms with E-state index in [1.807, 2.05) is 13.8 Å². The van der Waals surface area contributed by atoms with Gasteiger partial charge in [0.25, 0.3) is 5.91 Å². The second-order valence-corrected chi connectivity index (χ2v) is 10.7. The maximum atomic E-state index is 13.7. The molecule has 4 rings (SSSR count). The number of ketones is 1. The van der Waals surface area contributed by atoms with Crippen LogP contribution in [0.2, 0.25) is 5.02 Å². The number of aromatic hydroxyl groups is 1. The zero-order valence-electron chi connectivity index (χ0n) is 21.7. The number of Topliss-reactive ketones (excluding diaryl/α,β-unsaturated/α-hetero) is 1. The minimum Gasteiger partial charge on any atom is -0.506 e. The van der Waals surface area contributed by atoms with Crippen molar-refractivity contribution < 1.29 is 29.0 Å². The Labute approximate surface area is 226 Å². The van der Waals surface area contributed by atoms with Crippen LogP contribution in [0.4, 0.5) is 16.2 Å². The number of carbonyl (C=O) groups excluding carboxylic acids is 3. The van der Waals surface area contributed by atoms with Gasteiger partial charge >= 0.3 is 6.09 Å². The SMILES string of the molecule is CCCCOc1ccc([C@H]2C3=C(CC(C)(C)CC3=O)Nc3c(O)cccc3N2C(=O)OCC(N)=O)c(Cl)c1. The van der Waals surface area contributed by atoms with Gasteiger partial charge < -0.3 is 25.6 Å². The van der Waals surface area contributed by atoms with Gasteiger partial charge in [0.2, 0.25) is 0 Å². The van der Waals surface area contributed by atoms with Crippen molar-refractivity contribution in [2.75, 3.05) is 23.4 Å². The van der Waals surface area contributed by atoms with Crippen molar-refractivity contribution in [2.45, 2.75) is 52.5 Å². The second kappa shape index (κ2) is 10.9. The summed E-state index contributed by atoms with van der Waals surface area (Å²) in [6.45, 7) is 5.90. The number of unbranched alkanes of at least 4 members (excludes halogenated alkanes) is 1. The molecule has 1 atom stereocenters. The number of nitrogens with one attached hydrogen (secondary N) is 1. The summed E-state index contributed by atoms with van der Waals surface area (Å²) in [5.74, 6) is -0.566. The Morgan fingerprint density at radius 1 is 1.24 bits per heavy atom. The lowest BCUT2D eigenvalue weighted by Crippen LogP contribution is -2.40. The highest BCUT2D eigenvalue weighted by atomic mass is 35.5. The molecule has 2 aromatic carbocycles. The van der Waals surface area contributed by atoms with Crippen LogP contribution in [-0.4, -0.2) is 36.1 Å². The molecular weight excluding hydrogens is 510 g/mol. The normalized spacial score (nSPS) is 18.2. The summed E-state index contributed by atoms with van der Waals surface area (Å²) in [7, 11) is 0. The van der Waals surface area contributed by atoms with Gasteiger partial charge in [-0.1, -0.05) is 50.9 Å². The van der Waals surface area contributed by atoms with Gasteiger partial charge in [-0.15, -0.1) is 0 Å². The van der Waals surface area contributed by atoms with Crippen LogP contribution in [0.1, 0.15) is 58.1 Å². The Hall–Kier alpha value is -3.72. The first-order chi connectivity index (χ1) is 18.0. The first kappa shape index (κ1) is 27.3. The summed E-state index contributed by atoms with van der Waals surface area (Å²) in [5, 5.41) is 14.3. The molecule has 0 bridgehead atoms. The molecule has 1 heterocycles. The molecular formula is C28H32ClN3O6. The number of nitrogens with two attached hydrogens (primary N) is 1. The molecule has 0 spiro atoms. The van der Waals surface area contributed by atoms with E-state index < -0.39 is 24.6 Å². The summed E-state index contributed by atoms with van der Waals surface area (Å²) in [6, 6.07) is 8.76. The number of hydrogen-bond acceptors (Lipinski definition) is 7. The number of allylic oxidation sites excluding steroid dienone is 1. The number of primary amides is 1. The zero-order valence-corrected chi connectivity index (χ0v) is 22.4. The van der Waals surface area contributed by atoms with Gasteiger partial charge in [-0.05, 0) is 48.1 Å². The third kappa shape index (κ3) is 5.57. The van der Waals surface area contributed by atoms with Gasteiger partial charge in [0.15, 0.2) is 12.4 Å². The van der Waals surface area contributed by atoms with Crippen molar-refractivity contribution in [3.63, 3.8) is 0 Å². The van der Waals surface area contributed by atoms with Crippen molar-refractivity contribution in [2.24, 2.45) is 11.1 Å². The van der Waals surface area contributed by atoms with Crippen LogP contribution in [0.25, 0.3) is 0 Å². The Balaban J connectivity index is 1.93. The van der Waals surface area contributed by atoms with Crippen LogP contribution in [0, 0.1) is 5.41 Å². The number of anilines is 2. The summed E-state index contributed by atoms with van der Waals surface area (Å²) >= 11 is 6.78. The van der Waals surface area contributed by atoms with E-state index in [2.05, 4.69) is 12.2 Å². The quantitative estimate of drug-likeness (QED) is 0.313. The standard InChI is InChI=1S/C28H32ClN3O6/c1-4-5-11-37-16-9-10-17(18(29)12-16)26-24-19(13-28(2,3)14-22(24)34)31-25-20(7-6-8-21(25)33)32(26)27(36)38-15-23(30)35/h6-10,12,26,31,33H,4-5,11,13-15H2,1-3H3,(H2,30,35)/t26-/m0/s1. The summed E-state index contributed by atoms with van der Waals surface area (Å²) in [6.07, 6.45) is 1.66. The van der Waals surface area contributed by atoms with E-state index in [0.29, 0.717) is 35.6 Å². The molecule has 2 amide bonds. The number of amides is 2. The third-order valence-electron chi connectivity index (χ3n) is 6.58. The van der Waals surface area contributed by atoms with Crippen LogP contribution >= 0.6 is 11.6 Å². The summed E-state index contributed by atoms with van der Waals surface area (Å²) in [5.41, 5.74) is 6.72. The van der Waals surface area contributed by atoms with Gasteiger partial charge in [-0.3, -0.25) is 14.5 Å². The van der Waals surface area contributed by atoms with Crippen molar-refractivity contribution in [1.29, 1.82) is 0 Å². The molecule has 4 N–H and O–H groups in total. The number of phenols is 1. The fourth-order valence-electron chi connectivity index (χ4n) is 4.89. The van der Waals surface area contributed by atoms with E-state index >= 15 is 0 Å².